The van der Waals surface area contributed by atoms with Gasteiger partial charge in [-0.25, -0.2) is 8.78 Å². The van der Waals surface area contributed by atoms with E-state index in [9.17, 15) is 19.0 Å². The quantitative estimate of drug-likeness (QED) is 0.832. The number of nitriles is 1. The van der Waals surface area contributed by atoms with Crippen molar-refractivity contribution in [1.82, 2.24) is 0 Å². The van der Waals surface area contributed by atoms with Gasteiger partial charge in [-0.1, -0.05) is 15.9 Å². The minimum atomic E-state index is -1.44. The van der Waals surface area contributed by atoms with Crippen molar-refractivity contribution in [3.8, 4) is 6.07 Å². The lowest BCUT2D eigenvalue weighted by Crippen LogP contribution is -2.20. The Balaban J connectivity index is 3.23. The van der Waals surface area contributed by atoms with Crippen molar-refractivity contribution in [3.05, 3.63) is 34.9 Å². The summed E-state index contributed by atoms with van der Waals surface area (Å²) in [7, 11) is 0. The van der Waals surface area contributed by atoms with Gasteiger partial charge in [-0.2, -0.15) is 5.26 Å². The van der Waals surface area contributed by atoms with Gasteiger partial charge in [0.25, 0.3) is 0 Å². The van der Waals surface area contributed by atoms with E-state index in [2.05, 4.69) is 15.9 Å². The van der Waals surface area contributed by atoms with Crippen LogP contribution in [0.1, 0.15) is 17.2 Å². The van der Waals surface area contributed by atoms with Gasteiger partial charge < -0.3 is 10.2 Å². The fraction of sp³-hybridized carbons (Fsp3) is 0.300. The van der Waals surface area contributed by atoms with Crippen molar-refractivity contribution in [3.63, 3.8) is 0 Å². The third-order valence-electron chi connectivity index (χ3n) is 2.05. The zero-order valence-corrected chi connectivity index (χ0v) is 9.58. The molecule has 0 aromatic heterocycles. The summed E-state index contributed by atoms with van der Waals surface area (Å²) < 4.78 is 25.7. The van der Waals surface area contributed by atoms with Crippen LogP contribution in [0.5, 0.6) is 0 Å². The molecule has 1 aromatic carbocycles. The van der Waals surface area contributed by atoms with Crippen LogP contribution in [0.2, 0.25) is 0 Å². The number of halogens is 3. The second kappa shape index (κ2) is 5.34. The van der Waals surface area contributed by atoms with Crippen LogP contribution in [0.15, 0.2) is 12.1 Å². The molecule has 0 amide bonds. The van der Waals surface area contributed by atoms with E-state index in [-0.39, 0.29) is 16.5 Å². The lowest BCUT2D eigenvalue weighted by atomic mass is 9.99. The van der Waals surface area contributed by atoms with E-state index in [0.29, 0.717) is 12.1 Å². The molecule has 0 radical (unpaired) electrons. The van der Waals surface area contributed by atoms with Crippen molar-refractivity contribution in [1.29, 1.82) is 5.26 Å². The van der Waals surface area contributed by atoms with E-state index < -0.39 is 23.8 Å². The smallest absolute Gasteiger partial charge is 0.160 e. The Morgan fingerprint density at radius 2 is 1.88 bits per heavy atom. The molecule has 2 atom stereocenters. The largest absolute Gasteiger partial charge is 0.389 e. The highest BCUT2D eigenvalue weighted by Gasteiger charge is 2.22. The molecule has 16 heavy (non-hydrogen) atoms. The number of alkyl halides is 1. The average Bonchev–Trinajstić information content (AvgIpc) is 2.30. The second-order valence-corrected chi connectivity index (χ2v) is 3.78. The third-order valence-corrected chi connectivity index (χ3v) is 2.72. The molecule has 0 saturated carbocycles. The molecule has 0 spiro atoms. The molecule has 2 unspecified atom stereocenters. The summed E-state index contributed by atoms with van der Waals surface area (Å²) in [6.07, 6.45) is -2.64. The van der Waals surface area contributed by atoms with Crippen LogP contribution in [-0.2, 0) is 0 Å². The van der Waals surface area contributed by atoms with E-state index in [1.165, 1.54) is 0 Å². The highest BCUT2D eigenvalue weighted by atomic mass is 79.9. The zero-order chi connectivity index (χ0) is 12.3. The van der Waals surface area contributed by atoms with Crippen LogP contribution in [0.3, 0.4) is 0 Å². The Bertz CT molecular complexity index is 434. The normalized spacial score (nSPS) is 14.2. The van der Waals surface area contributed by atoms with Crippen LogP contribution in [-0.4, -0.2) is 21.6 Å². The van der Waals surface area contributed by atoms with Gasteiger partial charge in [0.15, 0.2) is 11.6 Å². The monoisotopic (exact) mass is 291 g/mol. The van der Waals surface area contributed by atoms with Crippen molar-refractivity contribution in [2.45, 2.75) is 12.2 Å². The van der Waals surface area contributed by atoms with Crippen molar-refractivity contribution in [2.75, 3.05) is 5.33 Å². The van der Waals surface area contributed by atoms with Crippen molar-refractivity contribution < 1.29 is 19.0 Å². The Morgan fingerprint density at radius 3 is 2.38 bits per heavy atom. The van der Waals surface area contributed by atoms with Gasteiger partial charge in [0.2, 0.25) is 0 Å². The van der Waals surface area contributed by atoms with Gasteiger partial charge in [0.05, 0.1) is 17.7 Å². The summed E-state index contributed by atoms with van der Waals surface area (Å²) in [5, 5.41) is 27.7. The Morgan fingerprint density at radius 1 is 1.31 bits per heavy atom. The number of aliphatic hydroxyl groups is 2. The predicted octanol–water partition coefficient (Wildman–Crippen LogP) is 1.63. The first-order valence-electron chi connectivity index (χ1n) is 4.32. The van der Waals surface area contributed by atoms with Crippen molar-refractivity contribution in [2.24, 2.45) is 0 Å². The predicted molar refractivity (Wildman–Crippen MR) is 55.8 cm³/mol. The maximum absolute atomic E-state index is 12.9. The maximum atomic E-state index is 12.9. The summed E-state index contributed by atoms with van der Waals surface area (Å²) >= 11 is 2.93. The molecule has 6 heteroatoms. The number of benzene rings is 1. The molecule has 1 rings (SSSR count). The van der Waals surface area contributed by atoms with Crippen LogP contribution in [0.25, 0.3) is 0 Å². The summed E-state index contributed by atoms with van der Waals surface area (Å²) in [5.74, 6) is -2.34. The lowest BCUT2D eigenvalue weighted by Gasteiger charge is -2.17. The van der Waals surface area contributed by atoms with E-state index in [4.69, 9.17) is 5.26 Å². The van der Waals surface area contributed by atoms with Crippen molar-refractivity contribution >= 4 is 15.9 Å². The molecule has 0 saturated heterocycles. The molecule has 0 fully saturated rings. The van der Waals surface area contributed by atoms with E-state index in [1.54, 1.807) is 6.07 Å². The van der Waals surface area contributed by atoms with Gasteiger partial charge in [-0.3, -0.25) is 0 Å². The van der Waals surface area contributed by atoms with Crippen LogP contribution in [0.4, 0.5) is 8.78 Å². The van der Waals surface area contributed by atoms with Gasteiger partial charge in [0.1, 0.15) is 6.10 Å². The molecule has 3 nitrogen and oxygen atoms in total. The molecular formula is C10H8BrF2NO2. The molecule has 0 bridgehead atoms. The number of hydrogen-bond acceptors (Lipinski definition) is 3. The minimum absolute atomic E-state index is 0.0536. The number of hydrogen-bond donors (Lipinski definition) is 2. The summed E-state index contributed by atoms with van der Waals surface area (Å²) in [5.41, 5.74) is -0.334. The van der Waals surface area contributed by atoms with Crippen LogP contribution < -0.4 is 0 Å². The Kier molecular flexibility index (Phi) is 4.35. The molecular weight excluding hydrogens is 284 g/mol. The first-order chi connectivity index (χ1) is 7.51. The van der Waals surface area contributed by atoms with Gasteiger partial charge in [-0.05, 0) is 12.1 Å². The standard InChI is InChI=1S/C10H8BrF2NO2/c11-3-9(15)10(16)6-2-8(13)7(12)1-5(6)4-14/h1-2,9-10,15-16H,3H2. The molecule has 0 aliphatic rings. The molecule has 1 aromatic rings. The maximum Gasteiger partial charge on any atom is 0.160 e. The molecule has 2 N–H and O–H groups in total. The fourth-order valence-corrected chi connectivity index (χ4v) is 1.55. The lowest BCUT2D eigenvalue weighted by molar-refractivity contribution is 0.0338. The summed E-state index contributed by atoms with van der Waals surface area (Å²) in [6.45, 7) is 0. The zero-order valence-electron chi connectivity index (χ0n) is 7.99. The molecule has 0 aliphatic carbocycles. The van der Waals surface area contributed by atoms with Crippen LogP contribution in [0, 0.1) is 23.0 Å². The highest BCUT2D eigenvalue weighted by Crippen LogP contribution is 2.24. The minimum Gasteiger partial charge on any atom is -0.389 e. The van der Waals surface area contributed by atoms with E-state index >= 15 is 0 Å². The van der Waals surface area contributed by atoms with Crippen LogP contribution >= 0.6 is 15.9 Å². The first-order valence-corrected chi connectivity index (χ1v) is 5.44. The number of rotatable bonds is 3. The third kappa shape index (κ3) is 2.55. The van der Waals surface area contributed by atoms with Gasteiger partial charge in [0, 0.05) is 10.9 Å². The highest BCUT2D eigenvalue weighted by molar-refractivity contribution is 9.09. The number of aliphatic hydroxyl groups excluding tert-OH is 2. The average molecular weight is 292 g/mol. The first kappa shape index (κ1) is 13.0. The Labute approximate surface area is 99.1 Å². The van der Waals surface area contributed by atoms with E-state index in [0.717, 1.165) is 0 Å². The Hall–Kier alpha value is -1.03. The molecule has 0 aliphatic heterocycles. The van der Waals surface area contributed by atoms with Gasteiger partial charge >= 0.3 is 0 Å². The second-order valence-electron chi connectivity index (χ2n) is 3.13. The molecule has 86 valence electrons. The SMILES string of the molecule is N#Cc1cc(F)c(F)cc1C(O)C(O)CBr. The summed E-state index contributed by atoms with van der Waals surface area (Å²) in [6, 6.07) is 3.03. The van der Waals surface area contributed by atoms with E-state index in [1.807, 2.05) is 0 Å². The van der Waals surface area contributed by atoms with Gasteiger partial charge in [-0.15, -0.1) is 0 Å². The molecule has 0 heterocycles. The summed E-state index contributed by atoms with van der Waals surface area (Å²) in [4.78, 5) is 0. The number of nitrogens with zero attached hydrogens (tertiary/aromatic N) is 1. The fourth-order valence-electron chi connectivity index (χ4n) is 1.20. The topological polar surface area (TPSA) is 64.2 Å².